The van der Waals surface area contributed by atoms with Crippen LogP contribution in [0.5, 0.6) is 0 Å². The molecule has 0 saturated heterocycles. The normalized spacial score (nSPS) is 12.7. The predicted octanol–water partition coefficient (Wildman–Crippen LogP) is 21.9. The van der Waals surface area contributed by atoms with Gasteiger partial charge in [-0.2, -0.15) is 0 Å². The molecular formula is C63H108N2Pd. The van der Waals surface area contributed by atoms with Crippen molar-refractivity contribution in [3.05, 3.63) is 86.0 Å². The minimum absolute atomic E-state index is 0.939. The van der Waals surface area contributed by atoms with E-state index in [2.05, 4.69) is 92.7 Å². The summed E-state index contributed by atoms with van der Waals surface area (Å²) in [6.07, 6.45) is 51.8. The third-order valence-electron chi connectivity index (χ3n) is 14.3. The molecule has 2 aromatic rings. The molecule has 2 aromatic carbocycles. The van der Waals surface area contributed by atoms with Gasteiger partial charge in [-0.3, -0.25) is 0 Å². The molecule has 0 saturated carbocycles. The Morgan fingerprint density at radius 2 is 0.742 bits per heavy atom. The van der Waals surface area contributed by atoms with Crippen molar-refractivity contribution in [2.75, 3.05) is 0 Å². The first-order valence-electron chi connectivity index (χ1n) is 28.9. The van der Waals surface area contributed by atoms with Crippen molar-refractivity contribution in [2.45, 2.75) is 303 Å². The van der Waals surface area contributed by atoms with Crippen molar-refractivity contribution in [1.82, 2.24) is 0 Å². The van der Waals surface area contributed by atoms with Gasteiger partial charge in [-0.15, -0.1) is 0 Å². The molecule has 0 spiro atoms. The van der Waals surface area contributed by atoms with Crippen molar-refractivity contribution in [3.63, 3.8) is 0 Å². The van der Waals surface area contributed by atoms with Crippen LogP contribution in [0, 0.1) is 20.8 Å². The molecule has 66 heavy (non-hydrogen) atoms. The fourth-order valence-corrected chi connectivity index (χ4v) is 11.6. The smallest absolute Gasteiger partial charge is 0.0654 e. The molecule has 0 radical (unpaired) electrons. The van der Waals surface area contributed by atoms with Crippen LogP contribution in [0.15, 0.2) is 35.9 Å². The SMILES string of the molecule is CCCCC1=C(c2cc(C)c(C)c(C)c2)[N+](=[N-])C(c2cc(CCCC)c(CCCC)c(CCCC)c2)=C1.CCCCCCCCCCCCC[CH2][Pd][CH2]CCCCCCCCCCCCC. The molecule has 0 amide bonds. The number of hydrogen-bond acceptors (Lipinski definition) is 0. The molecule has 0 aromatic heterocycles. The minimum Gasteiger partial charge on any atom is -0.0654 e. The van der Waals surface area contributed by atoms with E-state index in [1.54, 1.807) is 15.4 Å². The number of rotatable bonds is 40. The van der Waals surface area contributed by atoms with Crippen LogP contribution < -0.4 is 0 Å². The second kappa shape index (κ2) is 40.0. The first-order valence-corrected chi connectivity index (χ1v) is 31.1. The number of aryl methyl sites for hydroxylation is 4. The molecule has 1 heterocycles. The molecule has 0 bridgehead atoms. The summed E-state index contributed by atoms with van der Waals surface area (Å²) in [6, 6.07) is 9.29. The van der Waals surface area contributed by atoms with Crippen molar-refractivity contribution in [3.8, 4) is 0 Å². The molecular weight excluding hydrogens is 891 g/mol. The van der Waals surface area contributed by atoms with Crippen molar-refractivity contribution in [2.24, 2.45) is 0 Å². The summed E-state index contributed by atoms with van der Waals surface area (Å²) >= 11 is 1.06. The van der Waals surface area contributed by atoms with E-state index in [-0.39, 0.29) is 0 Å². The Balaban J connectivity index is 0.000000469. The van der Waals surface area contributed by atoms with Crippen LogP contribution in [0.4, 0.5) is 0 Å². The van der Waals surface area contributed by atoms with Crippen LogP contribution in [0.25, 0.3) is 16.9 Å². The van der Waals surface area contributed by atoms with E-state index in [1.807, 2.05) is 0 Å². The summed E-state index contributed by atoms with van der Waals surface area (Å²) in [5.41, 5.74) is 25.7. The molecule has 0 unspecified atom stereocenters. The van der Waals surface area contributed by atoms with Gasteiger partial charge in [0.15, 0.2) is 0 Å². The summed E-state index contributed by atoms with van der Waals surface area (Å²) in [7, 11) is 0. The molecule has 0 aliphatic carbocycles. The minimum atomic E-state index is 0.939. The van der Waals surface area contributed by atoms with Gasteiger partial charge in [0.1, 0.15) is 0 Å². The average molecular weight is 1000 g/mol. The molecule has 0 N–H and O–H groups in total. The average Bonchev–Trinajstić information content (AvgIpc) is 3.65. The monoisotopic (exact) mass is 999 g/mol. The molecule has 1 aliphatic rings. The van der Waals surface area contributed by atoms with E-state index in [0.29, 0.717) is 0 Å². The fourth-order valence-electron chi connectivity index (χ4n) is 9.67. The van der Waals surface area contributed by atoms with Crippen molar-refractivity contribution in [1.29, 1.82) is 0 Å². The van der Waals surface area contributed by atoms with Gasteiger partial charge in [0, 0.05) is 22.8 Å². The van der Waals surface area contributed by atoms with Crippen LogP contribution in [0.3, 0.4) is 0 Å². The molecule has 380 valence electrons. The number of benzene rings is 2. The maximum atomic E-state index is 11.7. The van der Waals surface area contributed by atoms with Crippen molar-refractivity contribution < 1.29 is 22.7 Å². The number of allylic oxidation sites excluding steroid dienone is 2. The Kier molecular flexibility index (Phi) is 36.5. The summed E-state index contributed by atoms with van der Waals surface area (Å²) in [6.45, 7) is 20.3. The summed E-state index contributed by atoms with van der Waals surface area (Å²) < 4.78 is 1.50. The van der Waals surface area contributed by atoms with Gasteiger partial charge in [-0.1, -0.05) is 80.1 Å². The first kappa shape index (κ1) is 60.3. The molecule has 3 rings (SSSR count). The van der Waals surface area contributed by atoms with E-state index < -0.39 is 0 Å². The molecule has 1 aliphatic heterocycles. The van der Waals surface area contributed by atoms with Crippen molar-refractivity contribution >= 4 is 11.4 Å². The Morgan fingerprint density at radius 3 is 1.14 bits per heavy atom. The van der Waals surface area contributed by atoms with Crippen LogP contribution in [-0.2, 0) is 37.2 Å². The van der Waals surface area contributed by atoms with Gasteiger partial charge in [0.05, 0.1) is 0 Å². The zero-order valence-electron chi connectivity index (χ0n) is 45.5. The predicted molar refractivity (Wildman–Crippen MR) is 293 cm³/mol. The second-order valence-corrected chi connectivity index (χ2v) is 22.7. The van der Waals surface area contributed by atoms with E-state index in [9.17, 15) is 5.53 Å². The van der Waals surface area contributed by atoms with E-state index >= 15 is 0 Å². The fraction of sp³-hybridized carbons (Fsp3) is 0.746. The summed E-state index contributed by atoms with van der Waals surface area (Å²) in [5.74, 6) is 0. The third-order valence-corrected chi connectivity index (χ3v) is 16.5. The van der Waals surface area contributed by atoms with Crippen LogP contribution >= 0.6 is 0 Å². The molecule has 0 fully saturated rings. The topological polar surface area (TPSA) is 25.3 Å². The first-order chi connectivity index (χ1) is 32.3. The van der Waals surface area contributed by atoms with Gasteiger partial charge in [-0.25, -0.2) is 4.70 Å². The van der Waals surface area contributed by atoms with Crippen LogP contribution in [0.1, 0.15) is 298 Å². The number of hydrogen-bond donors (Lipinski definition) is 0. The van der Waals surface area contributed by atoms with Gasteiger partial charge in [-0.05, 0) is 130 Å². The third kappa shape index (κ3) is 25.2. The van der Waals surface area contributed by atoms with Crippen LogP contribution in [-0.4, -0.2) is 4.70 Å². The van der Waals surface area contributed by atoms with E-state index in [1.165, 1.54) is 243 Å². The zero-order valence-corrected chi connectivity index (χ0v) is 47.0. The standard InChI is InChI=1S/C35H50N2.2C14H29.Pd/c1-8-12-16-28-22-31(23-29(17-13-9-2)33(28)19-15-11-4)34-24-30(18-14-10-3)35(37(34)36)32-20-25(5)27(7)26(6)21-32;2*1-3-5-7-9-11-13-14-12-10-8-6-4-2;/h20-24H,8-19H2,1-7H3;2*1,3-14H2,2H3;. The number of unbranched alkanes of at least 4 members (excludes halogenated alkanes) is 26. The second-order valence-electron chi connectivity index (χ2n) is 20.4. The molecule has 0 atom stereocenters. The Hall–Kier alpha value is -1.82. The van der Waals surface area contributed by atoms with E-state index in [0.717, 1.165) is 67.0 Å². The molecule has 2 nitrogen and oxygen atoms in total. The zero-order chi connectivity index (χ0) is 48.0. The van der Waals surface area contributed by atoms with Gasteiger partial charge < -0.3 is 5.53 Å². The number of nitrogens with zero attached hydrogens (tertiary/aromatic N) is 2. The van der Waals surface area contributed by atoms with Gasteiger partial charge >= 0.3 is 169 Å². The Labute approximate surface area is 420 Å². The summed E-state index contributed by atoms with van der Waals surface area (Å²) in [4.78, 5) is 3.09. The van der Waals surface area contributed by atoms with Gasteiger partial charge in [0.25, 0.3) is 0 Å². The summed E-state index contributed by atoms with van der Waals surface area (Å²) in [5, 5.41) is 0. The Bertz CT molecular complexity index is 1530. The van der Waals surface area contributed by atoms with Gasteiger partial charge in [0.2, 0.25) is 11.4 Å². The van der Waals surface area contributed by atoms with Crippen LogP contribution in [0.2, 0.25) is 9.79 Å². The Morgan fingerprint density at radius 1 is 0.394 bits per heavy atom. The molecule has 3 heteroatoms. The van der Waals surface area contributed by atoms with E-state index in [4.69, 9.17) is 0 Å². The quantitative estimate of drug-likeness (QED) is 0.0361. The maximum absolute atomic E-state index is 11.7.